The smallest absolute Gasteiger partial charge is 0.149 e. The molecule has 1 aliphatic rings. The molecular weight excluding hydrogens is 202 g/mol. The van der Waals surface area contributed by atoms with Crippen LogP contribution in [0.25, 0.3) is 0 Å². The van der Waals surface area contributed by atoms with Gasteiger partial charge >= 0.3 is 0 Å². The number of nitrogens with two attached hydrogens (primary N) is 1. The van der Waals surface area contributed by atoms with Gasteiger partial charge in [-0.1, -0.05) is 13.3 Å². The van der Waals surface area contributed by atoms with E-state index in [-0.39, 0.29) is 0 Å². The van der Waals surface area contributed by atoms with Gasteiger partial charge in [0.15, 0.2) is 0 Å². The molecular formula is C11H19N5. The van der Waals surface area contributed by atoms with Crippen LogP contribution in [0.15, 0.2) is 6.33 Å². The van der Waals surface area contributed by atoms with Gasteiger partial charge in [-0.3, -0.25) is 0 Å². The van der Waals surface area contributed by atoms with Crippen molar-refractivity contribution in [2.24, 2.45) is 0 Å². The highest BCUT2D eigenvalue weighted by Crippen LogP contribution is 2.19. The van der Waals surface area contributed by atoms with Crippen LogP contribution < -0.4 is 11.2 Å². The van der Waals surface area contributed by atoms with Crippen LogP contribution >= 0.6 is 0 Å². The molecule has 1 aromatic heterocycles. The third-order valence-electron chi connectivity index (χ3n) is 2.95. The van der Waals surface area contributed by atoms with Crippen molar-refractivity contribution in [1.29, 1.82) is 0 Å². The molecule has 5 heteroatoms. The number of nitrogens with one attached hydrogen (secondary N) is 1. The van der Waals surface area contributed by atoms with Crippen molar-refractivity contribution < 1.29 is 0 Å². The first-order valence-electron chi connectivity index (χ1n) is 5.92. The zero-order valence-corrected chi connectivity index (χ0v) is 9.74. The van der Waals surface area contributed by atoms with E-state index in [1.54, 1.807) is 0 Å². The van der Waals surface area contributed by atoms with Crippen LogP contribution in [0.5, 0.6) is 0 Å². The second kappa shape index (κ2) is 5.12. The van der Waals surface area contributed by atoms with E-state index in [2.05, 4.69) is 27.3 Å². The van der Waals surface area contributed by atoms with Gasteiger partial charge in [0, 0.05) is 18.7 Å². The summed E-state index contributed by atoms with van der Waals surface area (Å²) in [5.74, 6) is 1.44. The maximum atomic E-state index is 5.83. The number of rotatable bonds is 3. The number of nitrogen functional groups attached to an aromatic ring is 1. The minimum atomic E-state index is 0.581. The highest BCUT2D eigenvalue weighted by atomic mass is 15.5. The lowest BCUT2D eigenvalue weighted by atomic mass is 10.2. The quantitative estimate of drug-likeness (QED) is 0.808. The Hall–Kier alpha value is -1.36. The minimum Gasteiger partial charge on any atom is -0.383 e. The van der Waals surface area contributed by atoms with Crippen LogP contribution in [0, 0.1) is 0 Å². The first kappa shape index (κ1) is 11.1. The molecule has 2 heterocycles. The van der Waals surface area contributed by atoms with Crippen LogP contribution in [-0.2, 0) is 6.42 Å². The fraction of sp³-hybridized carbons (Fsp3) is 0.636. The summed E-state index contributed by atoms with van der Waals surface area (Å²) in [7, 11) is 0. The van der Waals surface area contributed by atoms with Gasteiger partial charge in [0.2, 0.25) is 0 Å². The molecule has 3 N–H and O–H groups in total. The lowest BCUT2D eigenvalue weighted by Gasteiger charge is -2.28. The Kier molecular flexibility index (Phi) is 3.56. The van der Waals surface area contributed by atoms with Crippen molar-refractivity contribution in [2.45, 2.75) is 32.6 Å². The number of hydrogen-bond donors (Lipinski definition) is 2. The number of hydrogen-bond acceptors (Lipinski definition) is 5. The van der Waals surface area contributed by atoms with Crippen LogP contribution in [-0.4, -0.2) is 28.1 Å². The van der Waals surface area contributed by atoms with Crippen molar-refractivity contribution in [1.82, 2.24) is 15.0 Å². The number of anilines is 2. The summed E-state index contributed by atoms with van der Waals surface area (Å²) in [4.78, 5) is 8.27. The van der Waals surface area contributed by atoms with Crippen molar-refractivity contribution in [3.8, 4) is 0 Å². The monoisotopic (exact) mass is 221 g/mol. The summed E-state index contributed by atoms with van der Waals surface area (Å²) < 4.78 is 0. The van der Waals surface area contributed by atoms with Crippen molar-refractivity contribution >= 4 is 11.6 Å². The predicted molar refractivity (Wildman–Crippen MR) is 64.9 cm³/mol. The molecule has 1 aliphatic heterocycles. The summed E-state index contributed by atoms with van der Waals surface area (Å²) in [6.45, 7) is 4.22. The first-order valence-corrected chi connectivity index (χ1v) is 5.92. The van der Waals surface area contributed by atoms with Gasteiger partial charge in [-0.2, -0.15) is 0 Å². The largest absolute Gasteiger partial charge is 0.383 e. The second-order valence-corrected chi connectivity index (χ2v) is 4.10. The molecule has 0 radical (unpaired) electrons. The average molecular weight is 221 g/mol. The predicted octanol–water partition coefficient (Wildman–Crippen LogP) is 1.43. The van der Waals surface area contributed by atoms with Gasteiger partial charge in [-0.25, -0.2) is 15.0 Å². The Labute approximate surface area is 96.0 Å². The third-order valence-corrected chi connectivity index (χ3v) is 2.95. The lowest BCUT2D eigenvalue weighted by Crippen LogP contribution is -2.35. The van der Waals surface area contributed by atoms with E-state index in [0.29, 0.717) is 5.82 Å². The summed E-state index contributed by atoms with van der Waals surface area (Å²) in [5.41, 5.74) is 10.2. The first-order chi connectivity index (χ1) is 7.81. The lowest BCUT2D eigenvalue weighted by molar-refractivity contribution is 0.272. The van der Waals surface area contributed by atoms with E-state index in [1.165, 1.54) is 25.6 Å². The second-order valence-electron chi connectivity index (χ2n) is 4.10. The topological polar surface area (TPSA) is 67.1 Å². The average Bonchev–Trinajstić information content (AvgIpc) is 2.31. The van der Waals surface area contributed by atoms with Crippen molar-refractivity contribution in [3.63, 3.8) is 0 Å². The van der Waals surface area contributed by atoms with Crippen LogP contribution in [0.1, 0.15) is 31.7 Å². The molecule has 1 fully saturated rings. The summed E-state index contributed by atoms with van der Waals surface area (Å²) in [6, 6.07) is 0. The van der Waals surface area contributed by atoms with Gasteiger partial charge in [-0.15, -0.1) is 0 Å². The van der Waals surface area contributed by atoms with Gasteiger partial charge in [-0.05, 0) is 19.3 Å². The van der Waals surface area contributed by atoms with Crippen LogP contribution in [0.4, 0.5) is 11.6 Å². The van der Waals surface area contributed by atoms with Crippen LogP contribution in [0.2, 0.25) is 0 Å². The number of nitrogens with zero attached hydrogens (tertiary/aromatic N) is 3. The van der Waals surface area contributed by atoms with E-state index in [0.717, 1.165) is 30.9 Å². The van der Waals surface area contributed by atoms with Crippen molar-refractivity contribution in [3.05, 3.63) is 11.9 Å². The molecule has 0 spiro atoms. The third kappa shape index (κ3) is 2.41. The Bertz CT molecular complexity index is 346. The van der Waals surface area contributed by atoms with Gasteiger partial charge in [0.05, 0.1) is 0 Å². The molecule has 0 aliphatic carbocycles. The molecule has 5 nitrogen and oxygen atoms in total. The SMILES string of the molecule is CCc1c(N)ncnc1NN1CCCCC1. The minimum absolute atomic E-state index is 0.581. The van der Waals surface area contributed by atoms with E-state index in [1.807, 2.05) is 0 Å². The zero-order chi connectivity index (χ0) is 11.4. The maximum absolute atomic E-state index is 5.83. The normalized spacial score (nSPS) is 17.3. The fourth-order valence-electron chi connectivity index (χ4n) is 2.03. The molecule has 16 heavy (non-hydrogen) atoms. The molecule has 2 rings (SSSR count). The number of hydrazine groups is 1. The molecule has 0 atom stereocenters. The Morgan fingerprint density at radius 3 is 2.75 bits per heavy atom. The van der Waals surface area contributed by atoms with Gasteiger partial charge in [0.25, 0.3) is 0 Å². The summed E-state index contributed by atoms with van der Waals surface area (Å²) in [5, 5.41) is 2.21. The van der Waals surface area contributed by atoms with E-state index >= 15 is 0 Å². The highest BCUT2D eigenvalue weighted by Gasteiger charge is 2.13. The zero-order valence-electron chi connectivity index (χ0n) is 9.74. The standard InChI is InChI=1S/C11H19N5/c1-2-9-10(12)13-8-14-11(9)15-16-6-4-3-5-7-16/h8H,2-7H2,1H3,(H3,12,13,14,15). The Balaban J connectivity index is 2.10. The molecule has 1 saturated heterocycles. The number of aromatic nitrogens is 2. The van der Waals surface area contributed by atoms with Crippen molar-refractivity contribution in [2.75, 3.05) is 24.2 Å². The summed E-state index contributed by atoms with van der Waals surface area (Å²) in [6.07, 6.45) is 6.18. The van der Waals surface area contributed by atoms with E-state index in [4.69, 9.17) is 5.73 Å². The van der Waals surface area contributed by atoms with Gasteiger partial charge < -0.3 is 11.2 Å². The maximum Gasteiger partial charge on any atom is 0.149 e. The molecule has 88 valence electrons. The molecule has 1 aromatic rings. The molecule has 0 saturated carbocycles. The fourth-order valence-corrected chi connectivity index (χ4v) is 2.03. The molecule has 0 unspecified atom stereocenters. The molecule has 0 aromatic carbocycles. The Morgan fingerprint density at radius 1 is 1.31 bits per heavy atom. The Morgan fingerprint density at radius 2 is 2.06 bits per heavy atom. The molecule has 0 amide bonds. The highest BCUT2D eigenvalue weighted by molar-refractivity contribution is 5.54. The molecule has 0 bridgehead atoms. The van der Waals surface area contributed by atoms with E-state index < -0.39 is 0 Å². The van der Waals surface area contributed by atoms with Gasteiger partial charge in [0.1, 0.15) is 18.0 Å². The summed E-state index contributed by atoms with van der Waals surface area (Å²) >= 11 is 0. The van der Waals surface area contributed by atoms with Crippen LogP contribution in [0.3, 0.4) is 0 Å². The van der Waals surface area contributed by atoms with E-state index in [9.17, 15) is 0 Å². The number of piperidine rings is 1.